The lowest BCUT2D eigenvalue weighted by Crippen LogP contribution is -2.18. The maximum atomic E-state index is 10.1. The number of benzene rings is 1. The molecule has 0 aliphatic rings. The lowest BCUT2D eigenvalue weighted by atomic mass is 10.0. The van der Waals surface area contributed by atoms with E-state index in [1.165, 1.54) is 0 Å². The fourth-order valence-electron chi connectivity index (χ4n) is 1.65. The van der Waals surface area contributed by atoms with Crippen molar-refractivity contribution in [1.29, 1.82) is 0 Å². The van der Waals surface area contributed by atoms with Crippen molar-refractivity contribution < 1.29 is 9.52 Å². The summed E-state index contributed by atoms with van der Waals surface area (Å²) >= 11 is 0. The molecule has 15 heavy (non-hydrogen) atoms. The van der Waals surface area contributed by atoms with E-state index >= 15 is 0 Å². The first-order chi connectivity index (χ1) is 7.04. The van der Waals surface area contributed by atoms with Crippen molar-refractivity contribution in [2.24, 2.45) is 0 Å². The molecule has 2 rings (SSSR count). The summed E-state index contributed by atoms with van der Waals surface area (Å²) in [4.78, 5) is 0. The molecule has 0 amide bonds. The molecule has 2 heteroatoms. The molecule has 1 unspecified atom stereocenters. The van der Waals surface area contributed by atoms with Gasteiger partial charge in [-0.2, -0.15) is 0 Å². The second-order valence-electron chi connectivity index (χ2n) is 4.23. The number of furan rings is 1. The van der Waals surface area contributed by atoms with Crippen LogP contribution in [0, 0.1) is 6.92 Å². The van der Waals surface area contributed by atoms with E-state index in [1.807, 2.05) is 38.1 Å². The van der Waals surface area contributed by atoms with E-state index in [9.17, 15) is 5.11 Å². The first-order valence-corrected chi connectivity index (χ1v) is 5.26. The van der Waals surface area contributed by atoms with Crippen LogP contribution < -0.4 is 0 Å². The van der Waals surface area contributed by atoms with Gasteiger partial charge >= 0.3 is 0 Å². The van der Waals surface area contributed by atoms with Gasteiger partial charge in [-0.25, -0.2) is 0 Å². The average Bonchev–Trinajstić information content (AvgIpc) is 2.64. The Hall–Kier alpha value is -1.28. The van der Waals surface area contributed by atoms with E-state index in [4.69, 9.17) is 4.42 Å². The SMILES string of the molecule is CCC(C)(O)c1cc2cccc(C)c2o1. The molecule has 0 saturated heterocycles. The Morgan fingerprint density at radius 3 is 2.73 bits per heavy atom. The molecule has 0 saturated carbocycles. The van der Waals surface area contributed by atoms with E-state index in [0.717, 1.165) is 16.5 Å². The Bertz CT molecular complexity index is 480. The van der Waals surface area contributed by atoms with Crippen LogP contribution in [0.2, 0.25) is 0 Å². The molecule has 0 bridgehead atoms. The third-order valence-corrected chi connectivity index (χ3v) is 2.96. The van der Waals surface area contributed by atoms with Gasteiger partial charge in [-0.1, -0.05) is 25.1 Å². The van der Waals surface area contributed by atoms with Gasteiger partial charge in [-0.15, -0.1) is 0 Å². The predicted octanol–water partition coefficient (Wildman–Crippen LogP) is 3.36. The van der Waals surface area contributed by atoms with Gasteiger partial charge in [0.15, 0.2) is 0 Å². The Labute approximate surface area is 89.5 Å². The third-order valence-electron chi connectivity index (χ3n) is 2.96. The molecular weight excluding hydrogens is 188 g/mol. The van der Waals surface area contributed by atoms with Crippen molar-refractivity contribution in [3.05, 3.63) is 35.6 Å². The van der Waals surface area contributed by atoms with Gasteiger partial charge in [0, 0.05) is 5.39 Å². The van der Waals surface area contributed by atoms with Gasteiger partial charge in [0.05, 0.1) is 0 Å². The predicted molar refractivity (Wildman–Crippen MR) is 60.8 cm³/mol. The molecule has 2 aromatic rings. The Morgan fingerprint density at radius 2 is 2.13 bits per heavy atom. The van der Waals surface area contributed by atoms with Gasteiger partial charge in [0.2, 0.25) is 0 Å². The lowest BCUT2D eigenvalue weighted by molar-refractivity contribution is 0.0317. The monoisotopic (exact) mass is 204 g/mol. The molecule has 1 N–H and O–H groups in total. The summed E-state index contributed by atoms with van der Waals surface area (Å²) < 4.78 is 5.70. The van der Waals surface area contributed by atoms with Crippen molar-refractivity contribution >= 4 is 11.0 Å². The van der Waals surface area contributed by atoms with Crippen LogP contribution in [0.4, 0.5) is 0 Å². The molecule has 0 spiro atoms. The van der Waals surface area contributed by atoms with Gasteiger partial charge in [-0.3, -0.25) is 0 Å². The summed E-state index contributed by atoms with van der Waals surface area (Å²) in [6.07, 6.45) is 0.645. The zero-order chi connectivity index (χ0) is 11.1. The van der Waals surface area contributed by atoms with Crippen molar-refractivity contribution in [2.75, 3.05) is 0 Å². The number of aliphatic hydroxyl groups is 1. The lowest BCUT2D eigenvalue weighted by Gasteiger charge is -2.17. The highest BCUT2D eigenvalue weighted by molar-refractivity contribution is 5.81. The van der Waals surface area contributed by atoms with Crippen LogP contribution in [0.3, 0.4) is 0 Å². The topological polar surface area (TPSA) is 33.4 Å². The molecule has 1 atom stereocenters. The summed E-state index contributed by atoms with van der Waals surface area (Å²) in [6, 6.07) is 7.93. The largest absolute Gasteiger partial charge is 0.458 e. The summed E-state index contributed by atoms with van der Waals surface area (Å²) in [5.41, 5.74) is 1.11. The number of para-hydroxylation sites is 1. The highest BCUT2D eigenvalue weighted by atomic mass is 16.4. The van der Waals surface area contributed by atoms with E-state index < -0.39 is 5.60 Å². The van der Waals surface area contributed by atoms with Crippen molar-refractivity contribution in [3.8, 4) is 0 Å². The maximum Gasteiger partial charge on any atom is 0.137 e. The molecule has 1 aromatic carbocycles. The Balaban J connectivity index is 2.62. The highest BCUT2D eigenvalue weighted by Crippen LogP contribution is 2.31. The van der Waals surface area contributed by atoms with E-state index in [1.54, 1.807) is 6.92 Å². The molecule has 1 heterocycles. The van der Waals surface area contributed by atoms with Gasteiger partial charge in [-0.05, 0) is 31.9 Å². The second kappa shape index (κ2) is 3.38. The highest BCUT2D eigenvalue weighted by Gasteiger charge is 2.25. The van der Waals surface area contributed by atoms with Crippen LogP contribution in [0.1, 0.15) is 31.6 Å². The Morgan fingerprint density at radius 1 is 1.40 bits per heavy atom. The summed E-state index contributed by atoms with van der Waals surface area (Å²) in [5, 5.41) is 11.1. The van der Waals surface area contributed by atoms with Crippen LogP contribution in [0.15, 0.2) is 28.7 Å². The Kier molecular flexibility index (Phi) is 2.31. The van der Waals surface area contributed by atoms with Crippen LogP contribution in [0.25, 0.3) is 11.0 Å². The third kappa shape index (κ3) is 1.65. The molecule has 0 radical (unpaired) electrons. The number of hydrogen-bond acceptors (Lipinski definition) is 2. The zero-order valence-corrected chi connectivity index (χ0v) is 9.37. The first kappa shape index (κ1) is 10.2. The fraction of sp³-hybridized carbons (Fsp3) is 0.385. The molecular formula is C13H16O2. The minimum atomic E-state index is -0.870. The zero-order valence-electron chi connectivity index (χ0n) is 9.37. The number of fused-ring (bicyclic) bond motifs is 1. The van der Waals surface area contributed by atoms with Crippen LogP contribution >= 0.6 is 0 Å². The van der Waals surface area contributed by atoms with E-state index in [2.05, 4.69) is 0 Å². The van der Waals surface area contributed by atoms with Crippen molar-refractivity contribution in [1.82, 2.24) is 0 Å². The van der Waals surface area contributed by atoms with Crippen LogP contribution in [0.5, 0.6) is 0 Å². The minimum Gasteiger partial charge on any atom is -0.458 e. The van der Waals surface area contributed by atoms with Gasteiger partial charge < -0.3 is 9.52 Å². The van der Waals surface area contributed by atoms with Crippen LogP contribution in [-0.4, -0.2) is 5.11 Å². The molecule has 0 fully saturated rings. The molecule has 2 nitrogen and oxygen atoms in total. The summed E-state index contributed by atoms with van der Waals surface area (Å²) in [6.45, 7) is 5.73. The molecule has 0 aliphatic carbocycles. The second-order valence-corrected chi connectivity index (χ2v) is 4.23. The molecule has 80 valence electrons. The average molecular weight is 204 g/mol. The number of hydrogen-bond donors (Lipinski definition) is 1. The molecule has 0 aliphatic heterocycles. The van der Waals surface area contributed by atoms with Crippen molar-refractivity contribution in [2.45, 2.75) is 32.8 Å². The summed E-state index contributed by atoms with van der Waals surface area (Å²) in [7, 11) is 0. The smallest absolute Gasteiger partial charge is 0.137 e. The molecule has 1 aromatic heterocycles. The van der Waals surface area contributed by atoms with E-state index in [-0.39, 0.29) is 0 Å². The normalized spacial score (nSPS) is 15.5. The van der Waals surface area contributed by atoms with E-state index in [0.29, 0.717) is 12.2 Å². The quantitative estimate of drug-likeness (QED) is 0.813. The fourth-order valence-corrected chi connectivity index (χ4v) is 1.65. The summed E-state index contributed by atoms with van der Waals surface area (Å²) in [5.74, 6) is 0.648. The number of aryl methyl sites for hydroxylation is 1. The first-order valence-electron chi connectivity index (χ1n) is 5.26. The van der Waals surface area contributed by atoms with Gasteiger partial charge in [0.25, 0.3) is 0 Å². The maximum absolute atomic E-state index is 10.1. The van der Waals surface area contributed by atoms with Crippen LogP contribution in [-0.2, 0) is 5.60 Å². The van der Waals surface area contributed by atoms with Gasteiger partial charge in [0.1, 0.15) is 16.9 Å². The minimum absolute atomic E-state index is 0.645. The number of rotatable bonds is 2. The standard InChI is InChI=1S/C13H16O2/c1-4-13(3,14)11-8-10-7-5-6-9(2)12(10)15-11/h5-8,14H,4H2,1-3H3. The van der Waals surface area contributed by atoms with Crippen molar-refractivity contribution in [3.63, 3.8) is 0 Å².